The Morgan fingerprint density at radius 3 is 2.33 bits per heavy atom. The lowest BCUT2D eigenvalue weighted by molar-refractivity contribution is -0.383. The van der Waals surface area contributed by atoms with Crippen LogP contribution >= 0.6 is 0 Å². The Balaban J connectivity index is 2.40. The van der Waals surface area contributed by atoms with Gasteiger partial charge < -0.3 is 10.2 Å². The monoisotopic (exact) mass is 293 g/mol. The van der Waals surface area contributed by atoms with Gasteiger partial charge in [0.2, 0.25) is 11.6 Å². The molecule has 7 nitrogen and oxygen atoms in total. The van der Waals surface area contributed by atoms with E-state index in [-0.39, 0.29) is 16.1 Å². The zero-order chi connectivity index (χ0) is 15.5. The first kappa shape index (κ1) is 15.5. The predicted molar refractivity (Wildman–Crippen MR) is 82.7 cm³/mol. The first-order valence-electron chi connectivity index (χ1n) is 7.41. The number of nitrogens with one attached hydrogen (secondary N) is 1. The van der Waals surface area contributed by atoms with E-state index in [1.807, 2.05) is 25.7 Å². The zero-order valence-electron chi connectivity index (χ0n) is 12.9. The van der Waals surface area contributed by atoms with Crippen molar-refractivity contribution in [3.63, 3.8) is 0 Å². The van der Waals surface area contributed by atoms with Gasteiger partial charge in [-0.25, -0.2) is 9.97 Å². The van der Waals surface area contributed by atoms with E-state index in [2.05, 4.69) is 15.3 Å². The molecule has 7 heteroatoms. The van der Waals surface area contributed by atoms with Crippen LogP contribution in [-0.4, -0.2) is 33.5 Å². The minimum atomic E-state index is -0.381. The minimum Gasteiger partial charge on any atom is -0.360 e. The van der Waals surface area contributed by atoms with Crippen molar-refractivity contribution >= 4 is 17.3 Å². The lowest BCUT2D eigenvalue weighted by atomic mass is 10.1. The van der Waals surface area contributed by atoms with Crippen LogP contribution in [0.4, 0.5) is 17.3 Å². The maximum absolute atomic E-state index is 11.5. The van der Waals surface area contributed by atoms with Crippen molar-refractivity contribution in [3.8, 4) is 0 Å². The summed E-state index contributed by atoms with van der Waals surface area (Å²) in [6, 6.07) is 0. The van der Waals surface area contributed by atoms with Gasteiger partial charge in [0.25, 0.3) is 0 Å². The minimum absolute atomic E-state index is 0.0191. The summed E-state index contributed by atoms with van der Waals surface area (Å²) in [5.74, 6) is 0.727. The largest absolute Gasteiger partial charge is 0.360 e. The lowest BCUT2D eigenvalue weighted by Crippen LogP contribution is -2.29. The fraction of sp³-hybridized carbons (Fsp3) is 0.714. The van der Waals surface area contributed by atoms with Crippen LogP contribution < -0.4 is 10.2 Å². The van der Waals surface area contributed by atoms with Crippen LogP contribution in [0.5, 0.6) is 0 Å². The fourth-order valence-corrected chi connectivity index (χ4v) is 2.50. The molecule has 0 radical (unpaired) electrons. The van der Waals surface area contributed by atoms with Gasteiger partial charge in [0.05, 0.1) is 4.92 Å². The average Bonchev–Trinajstić information content (AvgIpc) is 2.64. The Hall–Kier alpha value is -1.92. The topological polar surface area (TPSA) is 84.2 Å². The molecule has 0 aliphatic carbocycles. The second kappa shape index (κ2) is 6.24. The van der Waals surface area contributed by atoms with Crippen LogP contribution in [0.1, 0.15) is 46.5 Å². The van der Waals surface area contributed by atoms with E-state index in [0.717, 1.165) is 25.9 Å². The highest BCUT2D eigenvalue weighted by molar-refractivity contribution is 5.70. The SMILES string of the molecule is CC(C)(C)Nc1ncnc(N2CCCCCC2)c1[N+](=O)[O-]. The second-order valence-electron chi connectivity index (χ2n) is 6.43. The highest BCUT2D eigenvalue weighted by atomic mass is 16.6. The predicted octanol–water partition coefficient (Wildman–Crippen LogP) is 2.98. The summed E-state index contributed by atoms with van der Waals surface area (Å²) in [6.45, 7) is 7.47. The fourth-order valence-electron chi connectivity index (χ4n) is 2.50. The zero-order valence-corrected chi connectivity index (χ0v) is 12.9. The normalized spacial score (nSPS) is 16.4. The third-order valence-corrected chi connectivity index (χ3v) is 3.38. The van der Waals surface area contributed by atoms with E-state index >= 15 is 0 Å². The van der Waals surface area contributed by atoms with Crippen molar-refractivity contribution < 1.29 is 4.92 Å². The number of nitrogens with zero attached hydrogens (tertiary/aromatic N) is 4. The van der Waals surface area contributed by atoms with Gasteiger partial charge in [-0.1, -0.05) is 12.8 Å². The quantitative estimate of drug-likeness (QED) is 0.681. The van der Waals surface area contributed by atoms with Gasteiger partial charge in [0.15, 0.2) is 0 Å². The number of aromatic nitrogens is 2. The summed E-state index contributed by atoms with van der Waals surface area (Å²) in [4.78, 5) is 21.4. The molecule has 0 aromatic carbocycles. The van der Waals surface area contributed by atoms with Crippen LogP contribution in [0.3, 0.4) is 0 Å². The molecule has 1 aliphatic heterocycles. The van der Waals surface area contributed by atoms with Gasteiger partial charge in [-0.05, 0) is 33.6 Å². The molecule has 116 valence electrons. The van der Waals surface area contributed by atoms with Crippen LogP contribution in [0.25, 0.3) is 0 Å². The number of rotatable bonds is 3. The molecule has 0 saturated carbocycles. The molecule has 1 aliphatic rings. The Morgan fingerprint density at radius 1 is 1.19 bits per heavy atom. The smallest absolute Gasteiger partial charge is 0.353 e. The van der Waals surface area contributed by atoms with E-state index in [1.165, 1.54) is 19.2 Å². The molecule has 1 aromatic heterocycles. The second-order valence-corrected chi connectivity index (χ2v) is 6.43. The first-order valence-corrected chi connectivity index (χ1v) is 7.41. The third-order valence-electron chi connectivity index (χ3n) is 3.38. The first-order chi connectivity index (χ1) is 9.88. The maximum Gasteiger partial charge on any atom is 0.353 e. The number of hydrogen-bond acceptors (Lipinski definition) is 6. The van der Waals surface area contributed by atoms with Gasteiger partial charge in [0, 0.05) is 18.6 Å². The molecule has 2 rings (SSSR count). The molecule has 0 atom stereocenters. The summed E-state index contributed by atoms with van der Waals surface area (Å²) >= 11 is 0. The van der Waals surface area contributed by atoms with Crippen LogP contribution in [0.15, 0.2) is 6.33 Å². The molecule has 0 unspecified atom stereocenters. The van der Waals surface area contributed by atoms with Gasteiger partial charge in [-0.2, -0.15) is 0 Å². The van der Waals surface area contributed by atoms with Crippen molar-refractivity contribution in [2.45, 2.75) is 52.0 Å². The van der Waals surface area contributed by atoms with Gasteiger partial charge in [-0.15, -0.1) is 0 Å². The van der Waals surface area contributed by atoms with E-state index in [1.54, 1.807) is 0 Å². The van der Waals surface area contributed by atoms with Gasteiger partial charge >= 0.3 is 5.69 Å². The standard InChI is InChI=1S/C14H23N5O2/c1-14(2,3)17-12-11(19(20)21)13(16-10-15-12)18-8-6-4-5-7-9-18/h10H,4-9H2,1-3H3,(H,15,16,17). The van der Waals surface area contributed by atoms with Crippen molar-refractivity contribution in [1.29, 1.82) is 0 Å². The molecular formula is C14H23N5O2. The van der Waals surface area contributed by atoms with Crippen LogP contribution in [0, 0.1) is 10.1 Å². The van der Waals surface area contributed by atoms with Crippen LogP contribution in [0.2, 0.25) is 0 Å². The van der Waals surface area contributed by atoms with E-state index in [4.69, 9.17) is 0 Å². The number of nitro groups is 1. The van der Waals surface area contributed by atoms with Crippen molar-refractivity contribution in [3.05, 3.63) is 16.4 Å². The Morgan fingerprint density at radius 2 is 1.81 bits per heavy atom. The van der Waals surface area contributed by atoms with Crippen molar-refractivity contribution in [1.82, 2.24) is 9.97 Å². The molecule has 1 fully saturated rings. The van der Waals surface area contributed by atoms with Crippen LogP contribution in [-0.2, 0) is 0 Å². The molecule has 0 spiro atoms. The molecule has 21 heavy (non-hydrogen) atoms. The molecular weight excluding hydrogens is 270 g/mol. The summed E-state index contributed by atoms with van der Waals surface area (Å²) in [5, 5.41) is 14.6. The summed E-state index contributed by atoms with van der Waals surface area (Å²) in [5.41, 5.74) is -0.316. The molecule has 0 bridgehead atoms. The van der Waals surface area contributed by atoms with Gasteiger partial charge in [0.1, 0.15) is 6.33 Å². The number of anilines is 2. The highest BCUT2D eigenvalue weighted by Gasteiger charge is 2.29. The highest BCUT2D eigenvalue weighted by Crippen LogP contribution is 2.34. The molecule has 1 N–H and O–H groups in total. The molecule has 1 aromatic rings. The Labute approximate surface area is 124 Å². The van der Waals surface area contributed by atoms with E-state index in [9.17, 15) is 10.1 Å². The third kappa shape index (κ3) is 4.03. The summed E-state index contributed by atoms with van der Waals surface area (Å²) in [7, 11) is 0. The Kier molecular flexibility index (Phi) is 4.59. The molecule has 0 amide bonds. The molecule has 2 heterocycles. The lowest BCUT2D eigenvalue weighted by Gasteiger charge is -2.24. The van der Waals surface area contributed by atoms with E-state index in [0.29, 0.717) is 11.6 Å². The summed E-state index contributed by atoms with van der Waals surface area (Å²) < 4.78 is 0. The number of hydrogen-bond donors (Lipinski definition) is 1. The summed E-state index contributed by atoms with van der Waals surface area (Å²) in [6.07, 6.45) is 5.83. The van der Waals surface area contributed by atoms with Crippen molar-refractivity contribution in [2.75, 3.05) is 23.3 Å². The maximum atomic E-state index is 11.5. The van der Waals surface area contributed by atoms with Gasteiger partial charge in [-0.3, -0.25) is 10.1 Å². The van der Waals surface area contributed by atoms with Crippen molar-refractivity contribution in [2.24, 2.45) is 0 Å². The molecule has 1 saturated heterocycles. The van der Waals surface area contributed by atoms with E-state index < -0.39 is 0 Å². The Bertz CT molecular complexity index is 505. The average molecular weight is 293 g/mol.